The molecule has 8 heteroatoms. The molecule has 1 aliphatic heterocycles. The number of carbonyl (C=O) groups excluding carboxylic acids is 2. The van der Waals surface area contributed by atoms with E-state index >= 15 is 0 Å². The van der Waals surface area contributed by atoms with Crippen molar-refractivity contribution >= 4 is 23.3 Å². The number of amides is 3. The van der Waals surface area contributed by atoms with Crippen LogP contribution in [0.25, 0.3) is 0 Å². The minimum absolute atomic E-state index is 0.0414. The molecule has 6 nitrogen and oxygen atoms in total. The van der Waals surface area contributed by atoms with Crippen molar-refractivity contribution in [2.75, 3.05) is 16.8 Å². The minimum atomic E-state index is -0.855. The highest BCUT2D eigenvalue weighted by Crippen LogP contribution is 2.21. The molecule has 130 valence electrons. The van der Waals surface area contributed by atoms with E-state index in [1.165, 1.54) is 6.07 Å². The van der Waals surface area contributed by atoms with Gasteiger partial charge in [0.15, 0.2) is 0 Å². The third kappa shape index (κ3) is 3.90. The summed E-state index contributed by atoms with van der Waals surface area (Å²) < 4.78 is 27.0. The van der Waals surface area contributed by atoms with E-state index < -0.39 is 23.4 Å². The molecule has 0 radical (unpaired) electrons. The van der Waals surface area contributed by atoms with Crippen LogP contribution in [0.3, 0.4) is 0 Å². The van der Waals surface area contributed by atoms with Crippen molar-refractivity contribution in [1.82, 2.24) is 10.3 Å². The number of nitrogens with one attached hydrogen (secondary N) is 2. The highest BCUT2D eigenvalue weighted by molar-refractivity contribution is 5.95. The van der Waals surface area contributed by atoms with E-state index in [1.54, 1.807) is 23.4 Å². The van der Waals surface area contributed by atoms with Crippen molar-refractivity contribution < 1.29 is 18.4 Å². The molecule has 0 unspecified atom stereocenters. The molecule has 3 amide bonds. The van der Waals surface area contributed by atoms with Gasteiger partial charge in [-0.05, 0) is 30.2 Å². The van der Waals surface area contributed by atoms with Crippen LogP contribution in [0.5, 0.6) is 0 Å². The molecule has 2 N–H and O–H groups in total. The van der Waals surface area contributed by atoms with Gasteiger partial charge in [-0.1, -0.05) is 6.07 Å². The highest BCUT2D eigenvalue weighted by atomic mass is 19.1. The van der Waals surface area contributed by atoms with Gasteiger partial charge < -0.3 is 15.5 Å². The first-order chi connectivity index (χ1) is 12.0. The van der Waals surface area contributed by atoms with E-state index in [4.69, 9.17) is 0 Å². The average molecular weight is 346 g/mol. The number of benzene rings is 1. The highest BCUT2D eigenvalue weighted by Gasteiger charge is 2.22. The molecule has 0 spiro atoms. The fraction of sp³-hybridized carbons (Fsp3) is 0.235. The molecule has 0 aliphatic carbocycles. The normalized spacial score (nSPS) is 13.8. The second kappa shape index (κ2) is 7.25. The predicted molar refractivity (Wildman–Crippen MR) is 88.0 cm³/mol. The zero-order valence-electron chi connectivity index (χ0n) is 13.3. The summed E-state index contributed by atoms with van der Waals surface area (Å²) in [6.45, 7) is 0.745. The number of pyridine rings is 1. The number of aromatic nitrogens is 1. The quantitative estimate of drug-likeness (QED) is 0.894. The zero-order chi connectivity index (χ0) is 17.8. The van der Waals surface area contributed by atoms with Gasteiger partial charge >= 0.3 is 6.03 Å². The first-order valence-electron chi connectivity index (χ1n) is 7.78. The maximum absolute atomic E-state index is 13.5. The van der Waals surface area contributed by atoms with Crippen molar-refractivity contribution in [2.45, 2.75) is 19.4 Å². The lowest BCUT2D eigenvalue weighted by molar-refractivity contribution is -0.117. The lowest BCUT2D eigenvalue weighted by Crippen LogP contribution is -2.29. The SMILES string of the molecule is O=C(NCc1cncc(N2CCCC2=O)c1)Nc1c(F)cccc1F. The fourth-order valence-electron chi connectivity index (χ4n) is 2.60. The Morgan fingerprint density at radius 3 is 2.68 bits per heavy atom. The van der Waals surface area contributed by atoms with Crippen LogP contribution in [-0.2, 0) is 11.3 Å². The van der Waals surface area contributed by atoms with Gasteiger partial charge in [-0.3, -0.25) is 9.78 Å². The maximum atomic E-state index is 13.5. The Balaban J connectivity index is 1.62. The predicted octanol–water partition coefficient (Wildman–Crippen LogP) is 2.81. The number of anilines is 2. The van der Waals surface area contributed by atoms with Crippen LogP contribution in [-0.4, -0.2) is 23.5 Å². The monoisotopic (exact) mass is 346 g/mol. The Labute approximate surface area is 142 Å². The number of carbonyl (C=O) groups is 2. The van der Waals surface area contributed by atoms with Gasteiger partial charge in [0.25, 0.3) is 0 Å². The minimum Gasteiger partial charge on any atom is -0.334 e. The van der Waals surface area contributed by atoms with Gasteiger partial charge in [0, 0.05) is 25.7 Å². The van der Waals surface area contributed by atoms with E-state index in [9.17, 15) is 18.4 Å². The number of rotatable bonds is 4. The zero-order valence-corrected chi connectivity index (χ0v) is 13.3. The summed E-state index contributed by atoms with van der Waals surface area (Å²) in [5.41, 5.74) is 0.832. The summed E-state index contributed by atoms with van der Waals surface area (Å²) in [6, 6.07) is 4.33. The molecule has 2 aromatic rings. The summed E-state index contributed by atoms with van der Waals surface area (Å²) >= 11 is 0. The summed E-state index contributed by atoms with van der Waals surface area (Å²) in [5, 5.41) is 4.64. The van der Waals surface area contributed by atoms with Gasteiger partial charge in [-0.15, -0.1) is 0 Å². The number of para-hydroxylation sites is 1. The molecule has 0 saturated carbocycles. The molecule has 0 atom stereocenters. The molecule has 1 aromatic carbocycles. The van der Waals surface area contributed by atoms with Gasteiger partial charge in [0.1, 0.15) is 17.3 Å². The Hall–Kier alpha value is -3.03. The van der Waals surface area contributed by atoms with Crippen LogP contribution in [0.1, 0.15) is 18.4 Å². The van der Waals surface area contributed by atoms with Crippen LogP contribution in [0.15, 0.2) is 36.7 Å². The second-order valence-electron chi connectivity index (χ2n) is 5.60. The Kier molecular flexibility index (Phi) is 4.87. The Bertz CT molecular complexity index is 793. The molecule has 0 bridgehead atoms. The van der Waals surface area contributed by atoms with Crippen LogP contribution in [0.4, 0.5) is 25.0 Å². The molecule has 1 aliphatic rings. The first-order valence-corrected chi connectivity index (χ1v) is 7.78. The van der Waals surface area contributed by atoms with Crippen molar-refractivity contribution in [1.29, 1.82) is 0 Å². The van der Waals surface area contributed by atoms with E-state index in [0.717, 1.165) is 18.6 Å². The Morgan fingerprint density at radius 1 is 1.24 bits per heavy atom. The van der Waals surface area contributed by atoms with Crippen molar-refractivity contribution in [3.8, 4) is 0 Å². The van der Waals surface area contributed by atoms with Gasteiger partial charge in [0.2, 0.25) is 5.91 Å². The van der Waals surface area contributed by atoms with E-state index in [1.807, 2.05) is 0 Å². The Morgan fingerprint density at radius 2 is 2.00 bits per heavy atom. The standard InChI is InChI=1S/C17H16F2N4O2/c18-13-3-1-4-14(19)16(13)22-17(25)21-9-11-7-12(10-20-8-11)23-6-2-5-15(23)24/h1,3-4,7-8,10H,2,5-6,9H2,(H2,21,22,25). The van der Waals surface area contributed by atoms with Crippen LogP contribution in [0.2, 0.25) is 0 Å². The van der Waals surface area contributed by atoms with E-state index in [2.05, 4.69) is 15.6 Å². The van der Waals surface area contributed by atoms with Crippen LogP contribution in [0, 0.1) is 11.6 Å². The number of halogens is 2. The van der Waals surface area contributed by atoms with Crippen LogP contribution < -0.4 is 15.5 Å². The van der Waals surface area contributed by atoms with Gasteiger partial charge in [-0.25, -0.2) is 13.6 Å². The number of nitrogens with zero attached hydrogens (tertiary/aromatic N) is 2. The number of hydrogen-bond donors (Lipinski definition) is 2. The summed E-state index contributed by atoms with van der Waals surface area (Å²) in [6.07, 6.45) is 4.45. The van der Waals surface area contributed by atoms with E-state index in [0.29, 0.717) is 24.2 Å². The molecular formula is C17H16F2N4O2. The number of urea groups is 1. The maximum Gasteiger partial charge on any atom is 0.319 e. The van der Waals surface area contributed by atoms with Gasteiger partial charge in [0.05, 0.1) is 11.9 Å². The van der Waals surface area contributed by atoms with Crippen molar-refractivity contribution in [2.24, 2.45) is 0 Å². The fourth-order valence-corrected chi connectivity index (χ4v) is 2.60. The lowest BCUT2D eigenvalue weighted by Gasteiger charge is -2.16. The average Bonchev–Trinajstić information content (AvgIpc) is 3.03. The molecule has 3 rings (SSSR count). The molecule has 1 saturated heterocycles. The first kappa shape index (κ1) is 16.8. The molecular weight excluding hydrogens is 330 g/mol. The summed E-state index contributed by atoms with van der Waals surface area (Å²) in [4.78, 5) is 29.3. The molecule has 25 heavy (non-hydrogen) atoms. The molecule has 1 aromatic heterocycles. The summed E-state index contributed by atoms with van der Waals surface area (Å²) in [7, 11) is 0. The second-order valence-corrected chi connectivity index (χ2v) is 5.60. The third-order valence-electron chi connectivity index (χ3n) is 3.82. The molecule has 2 heterocycles. The van der Waals surface area contributed by atoms with E-state index in [-0.39, 0.29) is 12.5 Å². The van der Waals surface area contributed by atoms with Crippen molar-refractivity contribution in [3.05, 3.63) is 53.9 Å². The molecule has 1 fully saturated rings. The van der Waals surface area contributed by atoms with Gasteiger partial charge in [-0.2, -0.15) is 0 Å². The lowest BCUT2D eigenvalue weighted by atomic mass is 10.2. The largest absolute Gasteiger partial charge is 0.334 e. The summed E-state index contributed by atoms with van der Waals surface area (Å²) in [5.74, 6) is -1.67. The topological polar surface area (TPSA) is 74.3 Å². The van der Waals surface area contributed by atoms with Crippen molar-refractivity contribution in [3.63, 3.8) is 0 Å². The number of hydrogen-bond acceptors (Lipinski definition) is 3. The van der Waals surface area contributed by atoms with Crippen LogP contribution >= 0.6 is 0 Å². The third-order valence-corrected chi connectivity index (χ3v) is 3.82. The smallest absolute Gasteiger partial charge is 0.319 e.